The molecule has 4 nitrogen and oxygen atoms in total. The molecule has 0 spiro atoms. The summed E-state index contributed by atoms with van der Waals surface area (Å²) in [4.78, 5) is 12.0. The van der Waals surface area contributed by atoms with Crippen molar-refractivity contribution in [3.8, 4) is 5.75 Å². The van der Waals surface area contributed by atoms with Gasteiger partial charge in [-0.25, -0.2) is 0 Å². The zero-order chi connectivity index (χ0) is 15.1. The Morgan fingerprint density at radius 3 is 2.30 bits per heavy atom. The van der Waals surface area contributed by atoms with Crippen LogP contribution in [0.15, 0.2) is 24.3 Å². The number of rotatable bonds is 7. The minimum atomic E-state index is -0.196. The third-order valence-electron chi connectivity index (χ3n) is 3.38. The molecule has 2 unspecified atom stereocenters. The van der Waals surface area contributed by atoms with Crippen LogP contribution in [0.5, 0.6) is 5.75 Å². The summed E-state index contributed by atoms with van der Waals surface area (Å²) < 4.78 is 0. The highest BCUT2D eigenvalue weighted by Gasteiger charge is 2.22. The molecule has 20 heavy (non-hydrogen) atoms. The van der Waals surface area contributed by atoms with Crippen LogP contribution < -0.4 is 10.6 Å². The van der Waals surface area contributed by atoms with E-state index in [4.69, 9.17) is 0 Å². The molecule has 0 aliphatic heterocycles. The first-order valence-electron chi connectivity index (χ1n) is 7.24. The van der Waals surface area contributed by atoms with Crippen LogP contribution >= 0.6 is 0 Å². The Balaban J connectivity index is 2.82. The minimum absolute atomic E-state index is 0.0240. The summed E-state index contributed by atoms with van der Waals surface area (Å²) in [5, 5.41) is 15.5. The molecule has 1 amide bonds. The Morgan fingerprint density at radius 2 is 1.85 bits per heavy atom. The third-order valence-corrected chi connectivity index (χ3v) is 3.38. The molecular formula is C16H26N2O2. The van der Waals surface area contributed by atoms with Gasteiger partial charge in [-0.2, -0.15) is 0 Å². The summed E-state index contributed by atoms with van der Waals surface area (Å²) in [6.45, 7) is 6.30. The topological polar surface area (TPSA) is 61.4 Å². The van der Waals surface area contributed by atoms with Crippen molar-refractivity contribution < 1.29 is 9.90 Å². The molecule has 112 valence electrons. The van der Waals surface area contributed by atoms with Gasteiger partial charge in [0.25, 0.3) is 0 Å². The first-order chi connectivity index (χ1) is 9.47. The van der Waals surface area contributed by atoms with Crippen LogP contribution in [0.3, 0.4) is 0 Å². The van der Waals surface area contributed by atoms with Crippen LogP contribution in [-0.4, -0.2) is 24.1 Å². The van der Waals surface area contributed by atoms with Crippen LogP contribution in [0.4, 0.5) is 0 Å². The molecule has 4 heteroatoms. The maximum Gasteiger partial charge on any atom is 0.236 e. The van der Waals surface area contributed by atoms with Crippen LogP contribution in [0.25, 0.3) is 0 Å². The van der Waals surface area contributed by atoms with Crippen molar-refractivity contribution in [3.05, 3.63) is 29.8 Å². The van der Waals surface area contributed by atoms with E-state index in [1.807, 2.05) is 12.1 Å². The quantitative estimate of drug-likeness (QED) is 0.718. The second-order valence-corrected chi connectivity index (χ2v) is 5.52. The SMILES string of the molecule is CCC(NC(CC(C)C)C(=O)NC)c1ccc(O)cc1. The monoisotopic (exact) mass is 278 g/mol. The first kappa shape index (κ1) is 16.5. The van der Waals surface area contributed by atoms with Gasteiger partial charge in [-0.1, -0.05) is 32.9 Å². The fraction of sp³-hybridized carbons (Fsp3) is 0.562. The van der Waals surface area contributed by atoms with Crippen LogP contribution in [-0.2, 0) is 4.79 Å². The number of benzene rings is 1. The van der Waals surface area contributed by atoms with E-state index in [1.54, 1.807) is 19.2 Å². The van der Waals surface area contributed by atoms with Gasteiger partial charge in [0.1, 0.15) is 5.75 Å². The van der Waals surface area contributed by atoms with Crippen molar-refractivity contribution in [3.63, 3.8) is 0 Å². The van der Waals surface area contributed by atoms with Crippen LogP contribution in [0.1, 0.15) is 45.2 Å². The van der Waals surface area contributed by atoms with Gasteiger partial charge in [0.15, 0.2) is 0 Å². The molecule has 0 saturated carbocycles. The summed E-state index contributed by atoms with van der Waals surface area (Å²) in [5.41, 5.74) is 1.09. The largest absolute Gasteiger partial charge is 0.508 e. The van der Waals surface area contributed by atoms with Crippen molar-refractivity contribution in [2.45, 2.75) is 45.7 Å². The maximum atomic E-state index is 12.0. The van der Waals surface area contributed by atoms with Crippen molar-refractivity contribution in [2.75, 3.05) is 7.05 Å². The zero-order valence-corrected chi connectivity index (χ0v) is 12.8. The van der Waals surface area contributed by atoms with E-state index in [0.29, 0.717) is 5.92 Å². The lowest BCUT2D eigenvalue weighted by molar-refractivity contribution is -0.123. The van der Waals surface area contributed by atoms with Gasteiger partial charge in [0, 0.05) is 13.1 Å². The summed E-state index contributed by atoms with van der Waals surface area (Å²) in [7, 11) is 1.67. The smallest absolute Gasteiger partial charge is 0.236 e. The Hall–Kier alpha value is -1.55. The number of phenolic OH excluding ortho intramolecular Hbond substituents is 1. The number of amides is 1. The van der Waals surface area contributed by atoms with E-state index >= 15 is 0 Å². The van der Waals surface area contributed by atoms with Crippen molar-refractivity contribution >= 4 is 5.91 Å². The predicted molar refractivity (Wildman–Crippen MR) is 81.6 cm³/mol. The summed E-state index contributed by atoms with van der Waals surface area (Å²) in [6.07, 6.45) is 1.69. The molecular weight excluding hydrogens is 252 g/mol. The van der Waals surface area contributed by atoms with E-state index in [2.05, 4.69) is 31.4 Å². The minimum Gasteiger partial charge on any atom is -0.508 e. The molecule has 0 aliphatic carbocycles. The lowest BCUT2D eigenvalue weighted by Crippen LogP contribution is -2.45. The number of likely N-dealkylation sites (N-methyl/N-ethyl adjacent to an activating group) is 1. The molecule has 0 fully saturated rings. The Bertz CT molecular complexity index is 415. The standard InChI is InChI=1S/C16H26N2O2/c1-5-14(12-6-8-13(19)9-7-12)18-15(10-11(2)3)16(20)17-4/h6-9,11,14-15,18-19H,5,10H2,1-4H3,(H,17,20). The summed E-state index contributed by atoms with van der Waals surface area (Å²) in [5.74, 6) is 0.728. The van der Waals surface area contributed by atoms with Gasteiger partial charge in [-0.05, 0) is 36.5 Å². The fourth-order valence-corrected chi connectivity index (χ4v) is 2.30. The molecule has 3 N–H and O–H groups in total. The van der Waals surface area contributed by atoms with Crippen LogP contribution in [0, 0.1) is 5.92 Å². The molecule has 1 aromatic rings. The number of hydrogen-bond acceptors (Lipinski definition) is 3. The normalized spacial score (nSPS) is 14.1. The molecule has 2 atom stereocenters. The number of carbonyl (C=O) groups is 1. The Morgan fingerprint density at radius 1 is 1.25 bits per heavy atom. The summed E-state index contributed by atoms with van der Waals surface area (Å²) in [6, 6.07) is 7.06. The number of nitrogens with one attached hydrogen (secondary N) is 2. The number of phenols is 1. The zero-order valence-electron chi connectivity index (χ0n) is 12.8. The number of hydrogen-bond donors (Lipinski definition) is 3. The highest BCUT2D eigenvalue weighted by Crippen LogP contribution is 2.21. The van der Waals surface area contributed by atoms with Crippen molar-refractivity contribution in [1.29, 1.82) is 0 Å². The molecule has 0 bridgehead atoms. The lowest BCUT2D eigenvalue weighted by atomic mass is 9.98. The molecule has 1 aromatic carbocycles. The Kier molecular flexibility index (Phi) is 6.52. The van der Waals surface area contributed by atoms with Crippen molar-refractivity contribution in [2.24, 2.45) is 5.92 Å². The maximum absolute atomic E-state index is 12.0. The van der Waals surface area contributed by atoms with E-state index in [9.17, 15) is 9.90 Å². The first-order valence-corrected chi connectivity index (χ1v) is 7.24. The second kappa shape index (κ2) is 7.90. The molecule has 0 saturated heterocycles. The summed E-state index contributed by atoms with van der Waals surface area (Å²) >= 11 is 0. The van der Waals surface area contributed by atoms with Crippen molar-refractivity contribution in [1.82, 2.24) is 10.6 Å². The van der Waals surface area contributed by atoms with Gasteiger partial charge in [0.2, 0.25) is 5.91 Å². The Labute approximate surface area is 121 Å². The molecule has 0 heterocycles. The third kappa shape index (κ3) is 4.85. The fourth-order valence-electron chi connectivity index (χ4n) is 2.30. The second-order valence-electron chi connectivity index (χ2n) is 5.52. The molecule has 1 rings (SSSR count). The van der Waals surface area contributed by atoms with E-state index < -0.39 is 0 Å². The van der Waals surface area contributed by atoms with Gasteiger partial charge < -0.3 is 10.4 Å². The average molecular weight is 278 g/mol. The van der Waals surface area contributed by atoms with Crippen LogP contribution in [0.2, 0.25) is 0 Å². The van der Waals surface area contributed by atoms with Gasteiger partial charge >= 0.3 is 0 Å². The molecule has 0 radical (unpaired) electrons. The van der Waals surface area contributed by atoms with Gasteiger partial charge in [-0.15, -0.1) is 0 Å². The highest BCUT2D eigenvalue weighted by molar-refractivity contribution is 5.81. The van der Waals surface area contributed by atoms with E-state index in [-0.39, 0.29) is 23.7 Å². The number of aromatic hydroxyl groups is 1. The highest BCUT2D eigenvalue weighted by atomic mass is 16.3. The average Bonchev–Trinajstić information content (AvgIpc) is 2.43. The predicted octanol–water partition coefficient (Wildman–Crippen LogP) is 2.59. The molecule has 0 aromatic heterocycles. The van der Waals surface area contributed by atoms with E-state index in [0.717, 1.165) is 18.4 Å². The van der Waals surface area contributed by atoms with Gasteiger partial charge in [-0.3, -0.25) is 10.1 Å². The molecule has 0 aliphatic rings. The van der Waals surface area contributed by atoms with Gasteiger partial charge in [0.05, 0.1) is 6.04 Å². The number of carbonyl (C=O) groups excluding carboxylic acids is 1. The lowest BCUT2D eigenvalue weighted by Gasteiger charge is -2.25. The van der Waals surface area contributed by atoms with E-state index in [1.165, 1.54) is 0 Å².